The van der Waals surface area contributed by atoms with E-state index in [9.17, 15) is 14.9 Å². The molecule has 0 bridgehead atoms. The zero-order valence-corrected chi connectivity index (χ0v) is 15.0. The Labute approximate surface area is 160 Å². The van der Waals surface area contributed by atoms with Gasteiger partial charge in [0.15, 0.2) is 0 Å². The Morgan fingerprint density at radius 2 is 1.82 bits per heavy atom. The molecule has 7 heteroatoms. The SMILES string of the molecule is Cc1cccn2cc(-c3ccc(NC(=O)c4ccccc4[N+](=O)[O-])cc3)nc12. The van der Waals surface area contributed by atoms with Crippen molar-refractivity contribution in [3.05, 3.63) is 94.3 Å². The van der Waals surface area contributed by atoms with Crippen LogP contribution in [0.5, 0.6) is 0 Å². The standard InChI is InChI=1S/C21H16N4O3/c1-14-5-4-12-24-13-18(23-20(14)24)15-8-10-16(11-9-15)22-21(26)17-6-2-3-7-19(17)25(27)28/h2-13H,1H3,(H,22,26). The van der Waals surface area contributed by atoms with Crippen molar-refractivity contribution in [2.45, 2.75) is 6.92 Å². The van der Waals surface area contributed by atoms with Gasteiger partial charge in [-0.15, -0.1) is 0 Å². The fourth-order valence-corrected chi connectivity index (χ4v) is 3.04. The van der Waals surface area contributed by atoms with Crippen LogP contribution in [0.15, 0.2) is 73.1 Å². The Balaban J connectivity index is 1.57. The summed E-state index contributed by atoms with van der Waals surface area (Å²) in [4.78, 5) is 27.6. The van der Waals surface area contributed by atoms with Gasteiger partial charge >= 0.3 is 0 Å². The number of aryl methyl sites for hydroxylation is 1. The highest BCUT2D eigenvalue weighted by Gasteiger charge is 2.19. The zero-order chi connectivity index (χ0) is 19.7. The lowest BCUT2D eigenvalue weighted by atomic mass is 10.1. The summed E-state index contributed by atoms with van der Waals surface area (Å²) < 4.78 is 1.97. The van der Waals surface area contributed by atoms with Gasteiger partial charge in [-0.2, -0.15) is 0 Å². The summed E-state index contributed by atoms with van der Waals surface area (Å²) >= 11 is 0. The molecule has 0 atom stereocenters. The first-order valence-electron chi connectivity index (χ1n) is 8.62. The number of hydrogen-bond acceptors (Lipinski definition) is 4. The molecular weight excluding hydrogens is 356 g/mol. The Kier molecular flexibility index (Phi) is 4.33. The van der Waals surface area contributed by atoms with Crippen LogP contribution in [0.3, 0.4) is 0 Å². The largest absolute Gasteiger partial charge is 0.322 e. The molecular formula is C21H16N4O3. The van der Waals surface area contributed by atoms with Crippen molar-refractivity contribution in [2.24, 2.45) is 0 Å². The lowest BCUT2D eigenvalue weighted by molar-refractivity contribution is -0.385. The molecule has 0 aliphatic rings. The number of rotatable bonds is 4. The third-order valence-corrected chi connectivity index (χ3v) is 4.46. The van der Waals surface area contributed by atoms with E-state index < -0.39 is 10.8 Å². The van der Waals surface area contributed by atoms with Crippen LogP contribution in [-0.2, 0) is 0 Å². The predicted molar refractivity (Wildman–Crippen MR) is 106 cm³/mol. The molecule has 7 nitrogen and oxygen atoms in total. The van der Waals surface area contributed by atoms with Crippen LogP contribution < -0.4 is 5.32 Å². The molecule has 2 aromatic carbocycles. The van der Waals surface area contributed by atoms with Gasteiger partial charge in [0.05, 0.1) is 10.6 Å². The fourth-order valence-electron chi connectivity index (χ4n) is 3.04. The van der Waals surface area contributed by atoms with Crippen molar-refractivity contribution in [3.63, 3.8) is 0 Å². The Bertz CT molecular complexity index is 1200. The molecule has 138 valence electrons. The maximum atomic E-state index is 12.4. The molecule has 1 N–H and O–H groups in total. The molecule has 0 spiro atoms. The fraction of sp³-hybridized carbons (Fsp3) is 0.0476. The van der Waals surface area contributed by atoms with Gasteiger partial charge in [0.1, 0.15) is 11.2 Å². The second-order valence-corrected chi connectivity index (χ2v) is 6.35. The first-order valence-corrected chi connectivity index (χ1v) is 8.62. The molecule has 1 amide bonds. The van der Waals surface area contributed by atoms with Crippen LogP contribution in [-0.4, -0.2) is 20.2 Å². The van der Waals surface area contributed by atoms with Crippen molar-refractivity contribution in [1.82, 2.24) is 9.38 Å². The summed E-state index contributed by atoms with van der Waals surface area (Å²) in [6, 6.07) is 17.0. The summed E-state index contributed by atoms with van der Waals surface area (Å²) in [5, 5.41) is 13.8. The number of carbonyl (C=O) groups is 1. The topological polar surface area (TPSA) is 89.5 Å². The number of nitro benzene ring substituents is 1. The summed E-state index contributed by atoms with van der Waals surface area (Å²) in [6.45, 7) is 2.01. The maximum absolute atomic E-state index is 12.4. The van der Waals surface area contributed by atoms with Gasteiger partial charge in [-0.1, -0.05) is 30.3 Å². The van der Waals surface area contributed by atoms with Crippen molar-refractivity contribution in [2.75, 3.05) is 5.32 Å². The average molecular weight is 372 g/mol. The van der Waals surface area contributed by atoms with E-state index in [1.54, 1.807) is 18.2 Å². The third kappa shape index (κ3) is 3.21. The molecule has 0 aliphatic carbocycles. The first kappa shape index (κ1) is 17.4. The number of amides is 1. The first-order chi connectivity index (χ1) is 13.5. The number of nitrogens with zero attached hydrogens (tertiary/aromatic N) is 3. The number of benzene rings is 2. The number of nitrogens with one attached hydrogen (secondary N) is 1. The van der Waals surface area contributed by atoms with Gasteiger partial charge < -0.3 is 9.72 Å². The van der Waals surface area contributed by atoms with Gasteiger partial charge in [0.25, 0.3) is 11.6 Å². The molecule has 0 unspecified atom stereocenters. The third-order valence-electron chi connectivity index (χ3n) is 4.46. The minimum Gasteiger partial charge on any atom is -0.322 e. The van der Waals surface area contributed by atoms with Crippen LogP contribution in [0.25, 0.3) is 16.9 Å². The number of hydrogen-bond donors (Lipinski definition) is 1. The molecule has 0 fully saturated rings. The molecule has 4 aromatic rings. The number of para-hydroxylation sites is 1. The molecule has 2 heterocycles. The van der Waals surface area contributed by atoms with Gasteiger partial charge in [-0.3, -0.25) is 14.9 Å². The van der Waals surface area contributed by atoms with Crippen LogP contribution in [0, 0.1) is 17.0 Å². The second-order valence-electron chi connectivity index (χ2n) is 6.35. The van der Waals surface area contributed by atoms with E-state index in [1.165, 1.54) is 18.2 Å². The van der Waals surface area contributed by atoms with Crippen LogP contribution >= 0.6 is 0 Å². The van der Waals surface area contributed by atoms with E-state index in [2.05, 4.69) is 10.3 Å². The van der Waals surface area contributed by atoms with Crippen LogP contribution in [0.1, 0.15) is 15.9 Å². The number of pyridine rings is 1. The molecule has 0 aliphatic heterocycles. The lowest BCUT2D eigenvalue weighted by Crippen LogP contribution is -2.13. The summed E-state index contributed by atoms with van der Waals surface area (Å²) in [6.07, 6.45) is 3.89. The van der Waals surface area contributed by atoms with E-state index in [1.807, 2.05) is 48.0 Å². The van der Waals surface area contributed by atoms with E-state index >= 15 is 0 Å². The second kappa shape index (κ2) is 6.96. The summed E-state index contributed by atoms with van der Waals surface area (Å²) in [7, 11) is 0. The van der Waals surface area contributed by atoms with Gasteiger partial charge in [-0.25, -0.2) is 4.98 Å². The molecule has 2 aromatic heterocycles. The number of aromatic nitrogens is 2. The number of imidazole rings is 1. The summed E-state index contributed by atoms with van der Waals surface area (Å²) in [5.74, 6) is -0.525. The van der Waals surface area contributed by atoms with E-state index in [4.69, 9.17) is 0 Å². The number of carbonyl (C=O) groups excluding carboxylic acids is 1. The minimum atomic E-state index is -0.566. The molecule has 0 saturated heterocycles. The monoisotopic (exact) mass is 372 g/mol. The van der Waals surface area contributed by atoms with Crippen LogP contribution in [0.2, 0.25) is 0 Å². The Hall–Kier alpha value is -4.00. The van der Waals surface area contributed by atoms with E-state index in [0.717, 1.165) is 22.5 Å². The smallest absolute Gasteiger partial charge is 0.282 e. The van der Waals surface area contributed by atoms with Crippen molar-refractivity contribution in [1.29, 1.82) is 0 Å². The van der Waals surface area contributed by atoms with Crippen molar-refractivity contribution < 1.29 is 9.72 Å². The molecule has 0 saturated carbocycles. The highest BCUT2D eigenvalue weighted by Crippen LogP contribution is 2.24. The summed E-state index contributed by atoms with van der Waals surface area (Å²) in [5.41, 5.74) is 4.06. The Morgan fingerprint density at radius 1 is 1.07 bits per heavy atom. The highest BCUT2D eigenvalue weighted by molar-refractivity contribution is 6.07. The highest BCUT2D eigenvalue weighted by atomic mass is 16.6. The van der Waals surface area contributed by atoms with Gasteiger partial charge in [0, 0.05) is 29.7 Å². The Morgan fingerprint density at radius 3 is 2.54 bits per heavy atom. The van der Waals surface area contributed by atoms with Crippen molar-refractivity contribution in [3.8, 4) is 11.3 Å². The zero-order valence-electron chi connectivity index (χ0n) is 15.0. The van der Waals surface area contributed by atoms with E-state index in [-0.39, 0.29) is 11.3 Å². The minimum absolute atomic E-state index is 0.0207. The molecule has 0 radical (unpaired) electrons. The van der Waals surface area contributed by atoms with Gasteiger partial charge in [0.2, 0.25) is 0 Å². The molecule has 4 rings (SSSR count). The molecule has 28 heavy (non-hydrogen) atoms. The lowest BCUT2D eigenvalue weighted by Gasteiger charge is -2.06. The number of nitro groups is 1. The van der Waals surface area contributed by atoms with Crippen LogP contribution in [0.4, 0.5) is 11.4 Å². The quantitative estimate of drug-likeness (QED) is 0.423. The number of fused-ring (bicyclic) bond motifs is 1. The van der Waals surface area contributed by atoms with Crippen molar-refractivity contribution >= 4 is 22.9 Å². The normalized spacial score (nSPS) is 10.8. The van der Waals surface area contributed by atoms with Gasteiger partial charge in [-0.05, 0) is 36.8 Å². The average Bonchev–Trinajstić information content (AvgIpc) is 3.14. The number of anilines is 1. The van der Waals surface area contributed by atoms with E-state index in [0.29, 0.717) is 5.69 Å². The maximum Gasteiger partial charge on any atom is 0.282 e. The predicted octanol–water partition coefficient (Wildman–Crippen LogP) is 4.47.